The Morgan fingerprint density at radius 2 is 1.61 bits per heavy atom. The van der Waals surface area contributed by atoms with Crippen molar-refractivity contribution in [2.24, 2.45) is 0 Å². The second kappa shape index (κ2) is 9.45. The second-order valence-corrected chi connectivity index (χ2v) is 8.11. The minimum atomic E-state index is -0.204. The van der Waals surface area contributed by atoms with E-state index in [1.807, 2.05) is 61.5 Å². The van der Waals surface area contributed by atoms with Gasteiger partial charge in [-0.25, -0.2) is 4.98 Å². The van der Waals surface area contributed by atoms with Gasteiger partial charge in [-0.15, -0.1) is 11.3 Å². The third-order valence-corrected chi connectivity index (χ3v) is 5.63. The van der Waals surface area contributed by atoms with Crippen molar-refractivity contribution in [3.05, 3.63) is 94.9 Å². The Balaban J connectivity index is 1.40. The molecular formula is C25H22N2O3S. The molecule has 0 saturated heterocycles. The Labute approximate surface area is 185 Å². The number of aromatic nitrogens is 1. The van der Waals surface area contributed by atoms with E-state index in [-0.39, 0.29) is 5.91 Å². The summed E-state index contributed by atoms with van der Waals surface area (Å²) in [7, 11) is 1.64. The van der Waals surface area contributed by atoms with Crippen molar-refractivity contribution in [1.82, 2.24) is 4.98 Å². The van der Waals surface area contributed by atoms with E-state index in [9.17, 15) is 4.79 Å². The minimum Gasteiger partial charge on any atom is -0.497 e. The fraction of sp³-hybridized carbons (Fsp3) is 0.120. The number of amides is 1. The molecule has 31 heavy (non-hydrogen) atoms. The Hall–Kier alpha value is -3.64. The molecule has 0 unspecified atom stereocenters. The van der Waals surface area contributed by atoms with Crippen LogP contribution in [0.3, 0.4) is 0 Å². The van der Waals surface area contributed by atoms with Crippen LogP contribution in [0.4, 0.5) is 5.13 Å². The standard InChI is InChI=1S/C25H22N2O3S/c1-17-23(19-8-12-21(29-2)13-9-19)26-25(31-17)27-24(28)20-10-14-22(15-11-20)30-16-18-6-4-3-5-7-18/h3-15H,16H2,1-2H3,(H,26,27,28). The number of hydrogen-bond donors (Lipinski definition) is 1. The molecule has 0 atom stereocenters. The number of methoxy groups -OCH3 is 1. The van der Waals surface area contributed by atoms with Crippen molar-refractivity contribution in [1.29, 1.82) is 0 Å². The third kappa shape index (κ3) is 5.10. The zero-order valence-electron chi connectivity index (χ0n) is 17.3. The fourth-order valence-electron chi connectivity index (χ4n) is 3.08. The van der Waals surface area contributed by atoms with Crippen LogP contribution in [0.2, 0.25) is 0 Å². The monoisotopic (exact) mass is 430 g/mol. The van der Waals surface area contributed by atoms with Crippen LogP contribution >= 0.6 is 11.3 Å². The smallest absolute Gasteiger partial charge is 0.257 e. The lowest BCUT2D eigenvalue weighted by molar-refractivity contribution is 0.102. The van der Waals surface area contributed by atoms with E-state index in [4.69, 9.17) is 9.47 Å². The zero-order chi connectivity index (χ0) is 21.6. The maximum Gasteiger partial charge on any atom is 0.257 e. The van der Waals surface area contributed by atoms with Gasteiger partial charge in [0.15, 0.2) is 5.13 Å². The Kier molecular flexibility index (Phi) is 6.29. The number of nitrogens with one attached hydrogen (secondary N) is 1. The van der Waals surface area contributed by atoms with E-state index in [2.05, 4.69) is 10.3 Å². The molecule has 0 aliphatic carbocycles. The first kappa shape index (κ1) is 20.6. The number of carbonyl (C=O) groups is 1. The van der Waals surface area contributed by atoms with E-state index in [0.29, 0.717) is 23.1 Å². The van der Waals surface area contributed by atoms with Crippen molar-refractivity contribution in [2.45, 2.75) is 13.5 Å². The van der Waals surface area contributed by atoms with Gasteiger partial charge in [-0.3, -0.25) is 10.1 Å². The number of carbonyl (C=O) groups excluding carboxylic acids is 1. The number of aryl methyl sites for hydroxylation is 1. The highest BCUT2D eigenvalue weighted by molar-refractivity contribution is 7.16. The summed E-state index contributed by atoms with van der Waals surface area (Å²) >= 11 is 1.45. The number of benzene rings is 3. The number of ether oxygens (including phenoxy) is 2. The molecule has 0 fully saturated rings. The molecule has 3 aromatic carbocycles. The molecule has 0 spiro atoms. The molecule has 4 rings (SSSR count). The van der Waals surface area contributed by atoms with Crippen molar-refractivity contribution in [3.63, 3.8) is 0 Å². The molecule has 5 nitrogen and oxygen atoms in total. The highest BCUT2D eigenvalue weighted by Crippen LogP contribution is 2.31. The minimum absolute atomic E-state index is 0.204. The molecule has 156 valence electrons. The molecule has 0 radical (unpaired) electrons. The van der Waals surface area contributed by atoms with E-state index < -0.39 is 0 Å². The lowest BCUT2D eigenvalue weighted by Gasteiger charge is -2.07. The van der Waals surface area contributed by atoms with Crippen molar-refractivity contribution < 1.29 is 14.3 Å². The summed E-state index contributed by atoms with van der Waals surface area (Å²) in [6, 6.07) is 24.8. The molecule has 0 aliphatic rings. The van der Waals surface area contributed by atoms with E-state index in [1.54, 1.807) is 31.4 Å². The van der Waals surface area contributed by atoms with Crippen molar-refractivity contribution in [3.8, 4) is 22.8 Å². The molecule has 1 aromatic heterocycles. The Bertz CT molecular complexity index is 1150. The highest BCUT2D eigenvalue weighted by atomic mass is 32.1. The van der Waals surface area contributed by atoms with Gasteiger partial charge in [-0.2, -0.15) is 0 Å². The summed E-state index contributed by atoms with van der Waals surface area (Å²) < 4.78 is 11.0. The first-order valence-electron chi connectivity index (χ1n) is 9.82. The van der Waals surface area contributed by atoms with Gasteiger partial charge in [0.05, 0.1) is 12.8 Å². The molecule has 1 amide bonds. The maximum absolute atomic E-state index is 12.6. The summed E-state index contributed by atoms with van der Waals surface area (Å²) in [5.41, 5.74) is 3.48. The Morgan fingerprint density at radius 1 is 0.935 bits per heavy atom. The highest BCUT2D eigenvalue weighted by Gasteiger charge is 2.13. The summed E-state index contributed by atoms with van der Waals surface area (Å²) in [5.74, 6) is 1.30. The summed E-state index contributed by atoms with van der Waals surface area (Å²) in [6.45, 7) is 2.48. The van der Waals surface area contributed by atoms with E-state index in [1.165, 1.54) is 11.3 Å². The maximum atomic E-state index is 12.6. The van der Waals surface area contributed by atoms with Gasteiger partial charge in [0.2, 0.25) is 0 Å². The van der Waals surface area contributed by atoms with Crippen molar-refractivity contribution in [2.75, 3.05) is 12.4 Å². The van der Waals surface area contributed by atoms with Gasteiger partial charge in [0.25, 0.3) is 5.91 Å². The van der Waals surface area contributed by atoms with Gasteiger partial charge in [0, 0.05) is 16.0 Å². The molecule has 0 aliphatic heterocycles. The molecule has 1 N–H and O–H groups in total. The average molecular weight is 431 g/mol. The average Bonchev–Trinajstić information content (AvgIpc) is 3.18. The van der Waals surface area contributed by atoms with Crippen LogP contribution in [0.25, 0.3) is 11.3 Å². The number of nitrogens with zero attached hydrogens (tertiary/aromatic N) is 1. The van der Waals surface area contributed by atoms with Crippen molar-refractivity contribution >= 4 is 22.4 Å². The first-order valence-corrected chi connectivity index (χ1v) is 10.6. The predicted molar refractivity (Wildman–Crippen MR) is 124 cm³/mol. The second-order valence-electron chi connectivity index (χ2n) is 6.91. The molecule has 4 aromatic rings. The quantitative estimate of drug-likeness (QED) is 0.393. The lowest BCUT2D eigenvalue weighted by atomic mass is 10.1. The number of hydrogen-bond acceptors (Lipinski definition) is 5. The topological polar surface area (TPSA) is 60.5 Å². The van der Waals surface area contributed by atoms with Crippen LogP contribution < -0.4 is 14.8 Å². The van der Waals surface area contributed by atoms with E-state index >= 15 is 0 Å². The molecule has 0 bridgehead atoms. The number of thiazole rings is 1. The molecule has 0 saturated carbocycles. The summed E-state index contributed by atoms with van der Waals surface area (Å²) in [5, 5.41) is 3.46. The van der Waals surface area contributed by atoms with Crippen LogP contribution in [0.1, 0.15) is 20.8 Å². The van der Waals surface area contributed by atoms with Gasteiger partial charge in [0.1, 0.15) is 18.1 Å². The number of rotatable bonds is 7. The van der Waals surface area contributed by atoms with Crippen LogP contribution in [-0.2, 0) is 6.61 Å². The van der Waals surface area contributed by atoms with Gasteiger partial charge >= 0.3 is 0 Å². The lowest BCUT2D eigenvalue weighted by Crippen LogP contribution is -2.11. The normalized spacial score (nSPS) is 10.5. The van der Waals surface area contributed by atoms with Crippen LogP contribution in [0, 0.1) is 6.92 Å². The fourth-order valence-corrected chi connectivity index (χ4v) is 3.91. The van der Waals surface area contributed by atoms with E-state index in [0.717, 1.165) is 27.4 Å². The SMILES string of the molecule is COc1ccc(-c2nc(NC(=O)c3ccc(OCc4ccccc4)cc3)sc2C)cc1. The third-order valence-electron chi connectivity index (χ3n) is 4.75. The Morgan fingerprint density at radius 3 is 2.29 bits per heavy atom. The largest absolute Gasteiger partial charge is 0.497 e. The van der Waals surface area contributed by atoms with Gasteiger partial charge in [-0.05, 0) is 61.0 Å². The van der Waals surface area contributed by atoms with Crippen LogP contribution in [0.15, 0.2) is 78.9 Å². The predicted octanol–water partition coefficient (Wildman–Crippen LogP) is 5.96. The van der Waals surface area contributed by atoms with Crippen LogP contribution in [0.5, 0.6) is 11.5 Å². The van der Waals surface area contributed by atoms with Gasteiger partial charge in [-0.1, -0.05) is 30.3 Å². The van der Waals surface area contributed by atoms with Crippen LogP contribution in [-0.4, -0.2) is 18.0 Å². The number of anilines is 1. The zero-order valence-corrected chi connectivity index (χ0v) is 18.1. The molecule has 1 heterocycles. The first-order chi connectivity index (χ1) is 15.1. The molecule has 6 heteroatoms. The van der Waals surface area contributed by atoms with Gasteiger partial charge < -0.3 is 9.47 Å². The summed E-state index contributed by atoms with van der Waals surface area (Å²) in [6.07, 6.45) is 0. The molecular weight excluding hydrogens is 408 g/mol. The summed E-state index contributed by atoms with van der Waals surface area (Å²) in [4.78, 5) is 18.3.